The number of carbonyl (C=O) groups excluding carboxylic acids is 1. The molecule has 2 aliphatic rings. The molecule has 0 spiro atoms. The maximum Gasteiger partial charge on any atom is 0.336 e. The molecule has 1 saturated carbocycles. The van der Waals surface area contributed by atoms with E-state index in [1.165, 1.54) is 11.3 Å². The second-order valence-electron chi connectivity index (χ2n) is 9.64. The van der Waals surface area contributed by atoms with Crippen LogP contribution in [0.4, 0.5) is 5.69 Å². The molecule has 0 bridgehead atoms. The minimum atomic E-state index is -0.920. The van der Waals surface area contributed by atoms with Crippen LogP contribution in [0, 0.1) is 18.8 Å². The summed E-state index contributed by atoms with van der Waals surface area (Å²) in [5, 5.41) is 11.9. The number of thiophene rings is 1. The van der Waals surface area contributed by atoms with Gasteiger partial charge in [0.2, 0.25) is 5.91 Å². The number of halogens is 1. The fraction of sp³-hybridized carbons (Fsp3) is 0.538. The van der Waals surface area contributed by atoms with Gasteiger partial charge in [-0.05, 0) is 88.5 Å². The minimum absolute atomic E-state index is 0. The van der Waals surface area contributed by atoms with Crippen molar-refractivity contribution in [3.8, 4) is 10.4 Å². The number of anilines is 1. The molecule has 1 aliphatic heterocycles. The lowest BCUT2D eigenvalue weighted by atomic mass is 9.82. The zero-order valence-corrected chi connectivity index (χ0v) is 21.4. The summed E-state index contributed by atoms with van der Waals surface area (Å²) in [6, 6.07) is 7.80. The number of carboxylic acid groups (broad SMARTS) is 1. The van der Waals surface area contributed by atoms with Gasteiger partial charge in [0, 0.05) is 17.5 Å². The molecular weight excluding hydrogens is 456 g/mol. The van der Waals surface area contributed by atoms with E-state index in [1.54, 1.807) is 0 Å². The Kier molecular flexibility index (Phi) is 8.59. The van der Waals surface area contributed by atoms with Crippen LogP contribution in [0.15, 0.2) is 29.6 Å². The average Bonchev–Trinajstić information content (AvgIpc) is 3.24. The molecule has 0 radical (unpaired) electrons. The van der Waals surface area contributed by atoms with E-state index in [0.717, 1.165) is 67.7 Å². The van der Waals surface area contributed by atoms with Gasteiger partial charge in [-0.25, -0.2) is 4.79 Å². The highest BCUT2D eigenvalue weighted by molar-refractivity contribution is 7.14. The fourth-order valence-electron chi connectivity index (χ4n) is 5.29. The lowest BCUT2D eigenvalue weighted by Crippen LogP contribution is -2.49. The molecule has 180 valence electrons. The minimum Gasteiger partial charge on any atom is -0.478 e. The van der Waals surface area contributed by atoms with Crippen molar-refractivity contribution in [2.75, 3.05) is 25.0 Å². The van der Waals surface area contributed by atoms with E-state index in [2.05, 4.69) is 23.8 Å². The van der Waals surface area contributed by atoms with E-state index in [-0.39, 0.29) is 30.3 Å². The molecule has 1 N–H and O–H groups in total. The van der Waals surface area contributed by atoms with Crippen LogP contribution < -0.4 is 4.90 Å². The predicted octanol–water partition coefficient (Wildman–Crippen LogP) is 6.10. The summed E-state index contributed by atoms with van der Waals surface area (Å²) in [5.41, 5.74) is 2.68. The lowest BCUT2D eigenvalue weighted by molar-refractivity contribution is -0.124. The van der Waals surface area contributed by atoms with Crippen molar-refractivity contribution in [3.63, 3.8) is 0 Å². The van der Waals surface area contributed by atoms with Gasteiger partial charge >= 0.3 is 5.97 Å². The highest BCUT2D eigenvalue weighted by Crippen LogP contribution is 2.42. The summed E-state index contributed by atoms with van der Waals surface area (Å²) in [7, 11) is 2.13. The molecule has 4 rings (SSSR count). The molecule has 1 aromatic heterocycles. The molecule has 1 amide bonds. The summed E-state index contributed by atoms with van der Waals surface area (Å²) in [6.07, 6.45) is 6.01. The van der Waals surface area contributed by atoms with E-state index >= 15 is 0 Å². The molecule has 2 aromatic rings. The van der Waals surface area contributed by atoms with Crippen LogP contribution in [0.2, 0.25) is 0 Å². The maximum atomic E-state index is 14.0. The molecule has 1 aliphatic carbocycles. The van der Waals surface area contributed by atoms with Crippen LogP contribution in [0.25, 0.3) is 10.4 Å². The number of hydrogen-bond acceptors (Lipinski definition) is 4. The van der Waals surface area contributed by atoms with Gasteiger partial charge in [0.25, 0.3) is 0 Å². The number of rotatable bonds is 5. The van der Waals surface area contributed by atoms with Gasteiger partial charge < -0.3 is 14.9 Å². The van der Waals surface area contributed by atoms with E-state index < -0.39 is 5.97 Å². The van der Waals surface area contributed by atoms with E-state index in [0.29, 0.717) is 17.0 Å². The first-order valence-corrected chi connectivity index (χ1v) is 12.7. The fourth-order valence-corrected chi connectivity index (χ4v) is 6.20. The van der Waals surface area contributed by atoms with Crippen LogP contribution in [-0.4, -0.2) is 48.1 Å². The van der Waals surface area contributed by atoms with E-state index in [9.17, 15) is 14.7 Å². The van der Waals surface area contributed by atoms with Gasteiger partial charge in [-0.2, -0.15) is 0 Å². The number of piperidine rings is 1. The molecule has 1 saturated heterocycles. The van der Waals surface area contributed by atoms with Gasteiger partial charge in [0.1, 0.15) is 0 Å². The van der Waals surface area contributed by atoms with Crippen molar-refractivity contribution in [2.24, 2.45) is 11.8 Å². The molecule has 1 aromatic carbocycles. The normalized spacial score (nSPS) is 21.9. The van der Waals surface area contributed by atoms with Crippen molar-refractivity contribution in [3.05, 3.63) is 40.8 Å². The first-order chi connectivity index (χ1) is 15.4. The monoisotopic (exact) mass is 490 g/mol. The Morgan fingerprint density at radius 3 is 2.36 bits per heavy atom. The standard InChI is InChI=1S/C26H34N2O3S.ClH/c1-17-7-9-19(10-8-17)25(29)28(20-11-14-27(3)15-12-20)22-13-16-32-24(22)21-6-4-5-18(2)23(21)26(30)31;/h4-6,13,16-17,19-20H,7-12,14-15H2,1-3H3,(H,30,31);1H. The number of carboxylic acids is 1. The number of benzene rings is 1. The number of nitrogens with zero attached hydrogens (tertiary/aromatic N) is 2. The van der Waals surface area contributed by atoms with E-state index in [1.807, 2.05) is 36.6 Å². The highest BCUT2D eigenvalue weighted by Gasteiger charge is 2.36. The van der Waals surface area contributed by atoms with Gasteiger partial charge in [0.05, 0.1) is 16.1 Å². The molecule has 2 fully saturated rings. The highest BCUT2D eigenvalue weighted by atomic mass is 35.5. The number of likely N-dealkylation sites (tertiary alicyclic amines) is 1. The molecule has 5 nitrogen and oxygen atoms in total. The molecular formula is C26H35ClN2O3S. The summed E-state index contributed by atoms with van der Waals surface area (Å²) < 4.78 is 0. The SMILES string of the molecule is Cc1cccc(-c2sccc2N(C(=O)C2CCC(C)CC2)C2CCN(C)CC2)c1C(=O)O.Cl. The number of aromatic carboxylic acids is 1. The number of aryl methyl sites for hydroxylation is 1. The molecule has 0 unspecified atom stereocenters. The second kappa shape index (κ2) is 11.0. The number of carbonyl (C=O) groups is 2. The van der Waals surface area contributed by atoms with Gasteiger partial charge in [-0.1, -0.05) is 25.1 Å². The first-order valence-electron chi connectivity index (χ1n) is 11.8. The van der Waals surface area contributed by atoms with Crippen LogP contribution >= 0.6 is 23.7 Å². The molecule has 33 heavy (non-hydrogen) atoms. The van der Waals surface area contributed by atoms with Crippen molar-refractivity contribution in [2.45, 2.75) is 58.4 Å². The quantitative estimate of drug-likeness (QED) is 0.550. The van der Waals surface area contributed by atoms with Crippen LogP contribution in [-0.2, 0) is 4.79 Å². The summed E-state index contributed by atoms with van der Waals surface area (Å²) in [5.74, 6) is 0.0690. The molecule has 2 heterocycles. The Morgan fingerprint density at radius 2 is 1.73 bits per heavy atom. The van der Waals surface area contributed by atoms with Crippen molar-refractivity contribution in [1.29, 1.82) is 0 Å². The average molecular weight is 491 g/mol. The Bertz CT molecular complexity index is 976. The largest absolute Gasteiger partial charge is 0.478 e. The third-order valence-electron chi connectivity index (χ3n) is 7.29. The smallest absolute Gasteiger partial charge is 0.336 e. The Hall–Kier alpha value is -1.89. The molecule has 7 heteroatoms. The van der Waals surface area contributed by atoms with Crippen LogP contribution in [0.3, 0.4) is 0 Å². The van der Waals surface area contributed by atoms with Gasteiger partial charge in [-0.3, -0.25) is 4.79 Å². The maximum absolute atomic E-state index is 14.0. The zero-order valence-electron chi connectivity index (χ0n) is 19.8. The second-order valence-corrected chi connectivity index (χ2v) is 10.6. The van der Waals surface area contributed by atoms with Crippen molar-refractivity contribution < 1.29 is 14.7 Å². The third-order valence-corrected chi connectivity index (χ3v) is 8.23. The van der Waals surface area contributed by atoms with Crippen molar-refractivity contribution in [1.82, 2.24) is 4.90 Å². The zero-order chi connectivity index (χ0) is 22.8. The Morgan fingerprint density at radius 1 is 1.06 bits per heavy atom. The topological polar surface area (TPSA) is 60.9 Å². The third kappa shape index (κ3) is 5.44. The summed E-state index contributed by atoms with van der Waals surface area (Å²) in [6.45, 7) is 6.06. The summed E-state index contributed by atoms with van der Waals surface area (Å²) in [4.78, 5) is 31.3. The van der Waals surface area contributed by atoms with Gasteiger partial charge in [-0.15, -0.1) is 23.7 Å². The summed E-state index contributed by atoms with van der Waals surface area (Å²) >= 11 is 1.53. The first kappa shape index (κ1) is 25.7. The number of hydrogen-bond donors (Lipinski definition) is 1. The Balaban J connectivity index is 0.00000306. The molecule has 0 atom stereocenters. The number of amides is 1. The predicted molar refractivity (Wildman–Crippen MR) is 138 cm³/mol. The van der Waals surface area contributed by atoms with E-state index in [4.69, 9.17) is 0 Å². The Labute approximate surface area is 207 Å². The van der Waals surface area contributed by atoms with Gasteiger partial charge in [0.15, 0.2) is 0 Å². The van der Waals surface area contributed by atoms with Crippen LogP contribution in [0.5, 0.6) is 0 Å². The van der Waals surface area contributed by atoms with Crippen molar-refractivity contribution >= 4 is 41.3 Å². The lowest BCUT2D eigenvalue weighted by Gasteiger charge is -2.40. The van der Waals surface area contributed by atoms with Crippen LogP contribution in [0.1, 0.15) is 61.4 Å².